The fourth-order valence-corrected chi connectivity index (χ4v) is 1.91. The lowest BCUT2D eigenvalue weighted by atomic mass is 9.99. The number of primary amides is 1. The summed E-state index contributed by atoms with van der Waals surface area (Å²) in [6.07, 6.45) is 0.866. The number of aryl methyl sites for hydroxylation is 1. The van der Waals surface area contributed by atoms with Gasteiger partial charge in [0, 0.05) is 4.47 Å². The maximum absolute atomic E-state index is 10.7. The van der Waals surface area contributed by atoms with Crippen molar-refractivity contribution in [1.29, 1.82) is 0 Å². The fourth-order valence-electron chi connectivity index (χ4n) is 1.46. The molecular formula is C12H16BrNO2. The number of carbonyl (C=O) groups excluding carboxylic acids is 1. The van der Waals surface area contributed by atoms with Crippen LogP contribution in [0.4, 0.5) is 4.79 Å². The highest BCUT2D eigenvalue weighted by Gasteiger charge is 2.21. The Kier molecular flexibility index (Phi) is 4.35. The van der Waals surface area contributed by atoms with Gasteiger partial charge in [-0.1, -0.05) is 28.1 Å². The smallest absolute Gasteiger partial charge is 0.405 e. The highest BCUT2D eigenvalue weighted by molar-refractivity contribution is 9.10. The van der Waals surface area contributed by atoms with Gasteiger partial charge in [0.2, 0.25) is 0 Å². The predicted molar refractivity (Wildman–Crippen MR) is 67.2 cm³/mol. The van der Waals surface area contributed by atoms with Crippen molar-refractivity contribution in [3.63, 3.8) is 0 Å². The molecule has 0 fully saturated rings. The van der Waals surface area contributed by atoms with Gasteiger partial charge >= 0.3 is 6.09 Å². The second-order valence-electron chi connectivity index (χ2n) is 4.31. The molecular weight excluding hydrogens is 270 g/mol. The number of hydrogen-bond acceptors (Lipinski definition) is 2. The van der Waals surface area contributed by atoms with Crippen molar-refractivity contribution in [1.82, 2.24) is 0 Å². The van der Waals surface area contributed by atoms with Crippen molar-refractivity contribution in [3.8, 4) is 0 Å². The molecule has 0 aliphatic heterocycles. The number of rotatable bonds is 4. The number of ether oxygens (including phenoxy) is 1. The third kappa shape index (κ3) is 4.66. The van der Waals surface area contributed by atoms with Gasteiger partial charge in [-0.2, -0.15) is 0 Å². The molecule has 0 bridgehead atoms. The summed E-state index contributed by atoms with van der Waals surface area (Å²) < 4.78 is 6.07. The van der Waals surface area contributed by atoms with Crippen LogP contribution in [0.25, 0.3) is 0 Å². The number of amides is 1. The molecule has 16 heavy (non-hydrogen) atoms. The quantitative estimate of drug-likeness (QED) is 0.923. The maximum atomic E-state index is 10.7. The Morgan fingerprint density at radius 1 is 1.50 bits per heavy atom. The Morgan fingerprint density at radius 3 is 2.75 bits per heavy atom. The molecule has 1 aromatic rings. The Hall–Kier alpha value is -1.03. The van der Waals surface area contributed by atoms with E-state index >= 15 is 0 Å². The minimum atomic E-state index is -0.723. The number of carbonyl (C=O) groups is 1. The molecule has 0 aliphatic rings. The second-order valence-corrected chi connectivity index (χ2v) is 5.23. The summed E-state index contributed by atoms with van der Waals surface area (Å²) in [6.45, 7) is 3.71. The highest BCUT2D eigenvalue weighted by Crippen LogP contribution is 2.19. The molecule has 2 N–H and O–H groups in total. The van der Waals surface area contributed by atoms with E-state index in [4.69, 9.17) is 10.5 Å². The summed E-state index contributed by atoms with van der Waals surface area (Å²) in [4.78, 5) is 10.7. The molecule has 4 heteroatoms. The van der Waals surface area contributed by atoms with Crippen molar-refractivity contribution < 1.29 is 9.53 Å². The summed E-state index contributed by atoms with van der Waals surface area (Å²) >= 11 is 3.42. The average Bonchev–Trinajstić information content (AvgIpc) is 2.13. The molecule has 1 rings (SSSR count). The first-order valence-electron chi connectivity index (χ1n) is 5.12. The molecule has 1 amide bonds. The van der Waals surface area contributed by atoms with Crippen LogP contribution in [0.1, 0.15) is 25.8 Å². The van der Waals surface area contributed by atoms with Gasteiger partial charge in [0.05, 0.1) is 0 Å². The number of halogens is 1. The van der Waals surface area contributed by atoms with Crippen LogP contribution < -0.4 is 5.73 Å². The van der Waals surface area contributed by atoms with Gasteiger partial charge in [-0.05, 0) is 44.4 Å². The van der Waals surface area contributed by atoms with E-state index in [-0.39, 0.29) is 0 Å². The summed E-state index contributed by atoms with van der Waals surface area (Å²) in [6, 6.07) is 8.07. The topological polar surface area (TPSA) is 52.3 Å². The molecule has 0 atom stereocenters. The summed E-state index contributed by atoms with van der Waals surface area (Å²) in [7, 11) is 0. The van der Waals surface area contributed by atoms with Crippen LogP contribution in [0.5, 0.6) is 0 Å². The van der Waals surface area contributed by atoms with Crippen LogP contribution in [-0.4, -0.2) is 11.7 Å². The minimum absolute atomic E-state index is 0.520. The summed E-state index contributed by atoms with van der Waals surface area (Å²) in [5.41, 5.74) is 5.69. The van der Waals surface area contributed by atoms with Crippen LogP contribution in [-0.2, 0) is 11.2 Å². The first-order chi connectivity index (χ1) is 7.39. The van der Waals surface area contributed by atoms with Crippen LogP contribution in [0, 0.1) is 0 Å². The highest BCUT2D eigenvalue weighted by atomic mass is 79.9. The fraction of sp³-hybridized carbons (Fsp3) is 0.417. The Morgan fingerprint density at radius 2 is 2.19 bits per heavy atom. The lowest BCUT2D eigenvalue weighted by molar-refractivity contribution is 0.0394. The zero-order valence-electron chi connectivity index (χ0n) is 9.50. The van der Waals surface area contributed by atoms with Gasteiger partial charge < -0.3 is 10.5 Å². The van der Waals surface area contributed by atoms with Gasteiger partial charge in [0.1, 0.15) is 5.60 Å². The van der Waals surface area contributed by atoms with E-state index in [1.807, 2.05) is 32.0 Å². The van der Waals surface area contributed by atoms with Crippen molar-refractivity contribution in [2.45, 2.75) is 32.3 Å². The number of nitrogens with two attached hydrogens (primary N) is 1. The Balaban J connectivity index is 2.54. The molecule has 1 aromatic carbocycles. The van der Waals surface area contributed by atoms with E-state index in [2.05, 4.69) is 22.0 Å². The largest absolute Gasteiger partial charge is 0.444 e. The third-order valence-corrected chi connectivity index (χ3v) is 2.77. The number of benzene rings is 1. The van der Waals surface area contributed by atoms with Crippen molar-refractivity contribution in [2.24, 2.45) is 5.73 Å². The van der Waals surface area contributed by atoms with Crippen LogP contribution >= 0.6 is 15.9 Å². The van der Waals surface area contributed by atoms with E-state index in [0.717, 1.165) is 17.3 Å². The average molecular weight is 286 g/mol. The monoisotopic (exact) mass is 285 g/mol. The van der Waals surface area contributed by atoms with Gasteiger partial charge in [0.15, 0.2) is 0 Å². The van der Waals surface area contributed by atoms with Gasteiger partial charge in [-0.15, -0.1) is 0 Å². The van der Waals surface area contributed by atoms with E-state index < -0.39 is 11.7 Å². The molecule has 0 saturated carbocycles. The van der Waals surface area contributed by atoms with Gasteiger partial charge in [0.25, 0.3) is 0 Å². The lowest BCUT2D eigenvalue weighted by Gasteiger charge is -2.23. The molecule has 0 radical (unpaired) electrons. The van der Waals surface area contributed by atoms with E-state index in [9.17, 15) is 4.79 Å². The van der Waals surface area contributed by atoms with E-state index in [0.29, 0.717) is 0 Å². The molecule has 3 nitrogen and oxygen atoms in total. The summed E-state index contributed by atoms with van der Waals surface area (Å²) in [5, 5.41) is 0. The standard InChI is InChI=1S/C12H16BrNO2/c1-12(2,16-11(14)15)7-6-9-4-3-5-10(13)8-9/h3-5,8H,6-7H2,1-2H3,(H2,14,15). The summed E-state index contributed by atoms with van der Waals surface area (Å²) in [5.74, 6) is 0. The van der Waals surface area contributed by atoms with Crippen molar-refractivity contribution >= 4 is 22.0 Å². The zero-order valence-corrected chi connectivity index (χ0v) is 11.1. The second kappa shape index (κ2) is 5.34. The van der Waals surface area contributed by atoms with Crippen molar-refractivity contribution in [3.05, 3.63) is 34.3 Å². The molecule has 0 heterocycles. The maximum Gasteiger partial charge on any atom is 0.405 e. The minimum Gasteiger partial charge on any atom is -0.444 e. The number of hydrogen-bond donors (Lipinski definition) is 1. The molecule has 0 spiro atoms. The van der Waals surface area contributed by atoms with E-state index in [1.165, 1.54) is 5.56 Å². The van der Waals surface area contributed by atoms with Crippen LogP contribution in [0.3, 0.4) is 0 Å². The first kappa shape index (κ1) is 13.0. The Labute approximate surface area is 104 Å². The van der Waals surface area contributed by atoms with Gasteiger partial charge in [-0.25, -0.2) is 4.79 Å². The molecule has 0 aliphatic carbocycles. The molecule has 0 unspecified atom stereocenters. The van der Waals surface area contributed by atoms with Crippen LogP contribution in [0.15, 0.2) is 28.7 Å². The molecule has 88 valence electrons. The molecule has 0 aromatic heterocycles. The normalized spacial score (nSPS) is 11.2. The van der Waals surface area contributed by atoms with E-state index in [1.54, 1.807) is 0 Å². The first-order valence-corrected chi connectivity index (χ1v) is 5.91. The lowest BCUT2D eigenvalue weighted by Crippen LogP contribution is -2.31. The molecule has 0 saturated heterocycles. The Bertz CT molecular complexity index is 377. The van der Waals surface area contributed by atoms with Crippen molar-refractivity contribution in [2.75, 3.05) is 0 Å². The third-order valence-electron chi connectivity index (χ3n) is 2.28. The zero-order chi connectivity index (χ0) is 12.2. The van der Waals surface area contributed by atoms with Crippen LogP contribution in [0.2, 0.25) is 0 Å². The predicted octanol–water partition coefficient (Wildman–Crippen LogP) is 3.26. The van der Waals surface area contributed by atoms with Gasteiger partial charge in [-0.3, -0.25) is 0 Å². The SMILES string of the molecule is CC(C)(CCc1cccc(Br)c1)OC(N)=O.